The maximum Gasteiger partial charge on any atom is 0.408 e. The number of carbonyl (C=O) groups is 5. The number of anilines is 2. The predicted molar refractivity (Wildman–Crippen MR) is 187 cm³/mol. The molecule has 0 bridgehead atoms. The van der Waals surface area contributed by atoms with Gasteiger partial charge in [-0.2, -0.15) is 0 Å². The van der Waals surface area contributed by atoms with Gasteiger partial charge in [-0.15, -0.1) is 0 Å². The molecule has 5 rings (SSSR count). The summed E-state index contributed by atoms with van der Waals surface area (Å²) in [6.45, 7) is 7.89. The highest BCUT2D eigenvalue weighted by atomic mass is 16.6. The Morgan fingerprint density at radius 3 is 2.16 bits per heavy atom. The van der Waals surface area contributed by atoms with E-state index in [1.165, 1.54) is 18.7 Å². The molecule has 49 heavy (non-hydrogen) atoms. The lowest BCUT2D eigenvalue weighted by Gasteiger charge is -2.27. The Kier molecular flexibility index (Phi) is 10.0. The summed E-state index contributed by atoms with van der Waals surface area (Å²) < 4.78 is 11.0. The Balaban J connectivity index is 1.57. The van der Waals surface area contributed by atoms with Crippen LogP contribution in [0.15, 0.2) is 84.9 Å². The average Bonchev–Trinajstić information content (AvgIpc) is 3.17. The SMILES string of the molecule is COc1ccc2ccccc2c1CN1C(=O)[C@@H](NC(=O)[C@H](C)NC(=O)OC(C)(C)C)CN(C(=O)c2ccc(C(C)=O)cc2)c2ccccc21. The summed E-state index contributed by atoms with van der Waals surface area (Å²) in [5.74, 6) is -1.11. The molecule has 254 valence electrons. The van der Waals surface area contributed by atoms with Gasteiger partial charge < -0.3 is 29.9 Å². The van der Waals surface area contributed by atoms with Crippen molar-refractivity contribution in [2.24, 2.45) is 0 Å². The molecule has 0 radical (unpaired) electrons. The number of Topliss-reactive ketones (excluding diaryl/α,β-unsaturated/α-hetero) is 1. The van der Waals surface area contributed by atoms with Gasteiger partial charge in [0.2, 0.25) is 5.91 Å². The van der Waals surface area contributed by atoms with Crippen LogP contribution in [-0.4, -0.2) is 60.9 Å². The van der Waals surface area contributed by atoms with Crippen LogP contribution in [0.5, 0.6) is 5.75 Å². The van der Waals surface area contributed by atoms with Gasteiger partial charge in [-0.3, -0.25) is 19.2 Å². The zero-order chi connectivity index (χ0) is 35.5. The number of nitrogens with zero attached hydrogens (tertiary/aromatic N) is 2. The largest absolute Gasteiger partial charge is 0.496 e. The fourth-order valence-electron chi connectivity index (χ4n) is 5.73. The van der Waals surface area contributed by atoms with Crippen LogP contribution in [0.4, 0.5) is 16.2 Å². The van der Waals surface area contributed by atoms with Gasteiger partial charge in [0.1, 0.15) is 23.4 Å². The molecule has 1 aliphatic rings. The molecule has 0 aliphatic carbocycles. The molecule has 0 aromatic heterocycles. The maximum atomic E-state index is 14.6. The lowest BCUT2D eigenvalue weighted by atomic mass is 10.0. The molecule has 0 unspecified atom stereocenters. The second-order valence-electron chi connectivity index (χ2n) is 12.9. The summed E-state index contributed by atoms with van der Waals surface area (Å²) in [5.41, 5.74) is 1.61. The molecule has 0 spiro atoms. The molecule has 1 aliphatic heterocycles. The number of ketones is 1. The van der Waals surface area contributed by atoms with E-state index in [-0.39, 0.29) is 18.9 Å². The summed E-state index contributed by atoms with van der Waals surface area (Å²) in [6, 6.07) is 22.6. The average molecular weight is 665 g/mol. The summed E-state index contributed by atoms with van der Waals surface area (Å²) in [6.07, 6.45) is -0.787. The third-order valence-corrected chi connectivity index (χ3v) is 8.15. The van der Waals surface area contributed by atoms with E-state index in [1.54, 1.807) is 81.3 Å². The number of hydrogen-bond acceptors (Lipinski definition) is 7. The number of amides is 4. The van der Waals surface area contributed by atoms with E-state index in [0.717, 1.165) is 16.3 Å². The highest BCUT2D eigenvalue weighted by molar-refractivity contribution is 6.13. The zero-order valence-corrected chi connectivity index (χ0v) is 28.4. The number of para-hydroxylation sites is 2. The van der Waals surface area contributed by atoms with Crippen LogP contribution in [-0.2, 0) is 20.9 Å². The first kappa shape index (κ1) is 34.6. The van der Waals surface area contributed by atoms with Crippen LogP contribution >= 0.6 is 0 Å². The summed E-state index contributed by atoms with van der Waals surface area (Å²) >= 11 is 0. The van der Waals surface area contributed by atoms with E-state index in [9.17, 15) is 24.0 Å². The van der Waals surface area contributed by atoms with Gasteiger partial charge in [-0.25, -0.2) is 4.79 Å². The predicted octanol–water partition coefficient (Wildman–Crippen LogP) is 5.64. The van der Waals surface area contributed by atoms with Gasteiger partial charge in [-0.05, 0) is 75.7 Å². The van der Waals surface area contributed by atoms with Gasteiger partial charge in [0, 0.05) is 16.7 Å². The van der Waals surface area contributed by atoms with Crippen molar-refractivity contribution in [3.8, 4) is 5.75 Å². The molecule has 4 aromatic rings. The molecule has 2 N–H and O–H groups in total. The second-order valence-corrected chi connectivity index (χ2v) is 12.9. The minimum Gasteiger partial charge on any atom is -0.496 e. The monoisotopic (exact) mass is 664 g/mol. The van der Waals surface area contributed by atoms with Crippen LogP contribution in [0.2, 0.25) is 0 Å². The van der Waals surface area contributed by atoms with Crippen molar-refractivity contribution in [3.63, 3.8) is 0 Å². The van der Waals surface area contributed by atoms with E-state index in [1.807, 2.05) is 36.4 Å². The highest BCUT2D eigenvalue weighted by Gasteiger charge is 2.38. The molecule has 0 fully saturated rings. The Morgan fingerprint density at radius 1 is 0.878 bits per heavy atom. The summed E-state index contributed by atoms with van der Waals surface area (Å²) in [5, 5.41) is 7.12. The maximum absolute atomic E-state index is 14.6. The van der Waals surface area contributed by atoms with Gasteiger partial charge in [-0.1, -0.05) is 54.6 Å². The first-order chi connectivity index (χ1) is 23.3. The summed E-state index contributed by atoms with van der Waals surface area (Å²) in [4.78, 5) is 69.7. The van der Waals surface area contributed by atoms with Crippen molar-refractivity contribution >= 4 is 51.7 Å². The third kappa shape index (κ3) is 7.72. The van der Waals surface area contributed by atoms with Gasteiger partial charge in [0.15, 0.2) is 5.78 Å². The number of hydrogen-bond donors (Lipinski definition) is 2. The van der Waals surface area contributed by atoms with Crippen molar-refractivity contribution < 1.29 is 33.4 Å². The number of ether oxygens (including phenoxy) is 2. The van der Waals surface area contributed by atoms with Crippen LogP contribution in [0.1, 0.15) is 60.9 Å². The number of benzene rings is 4. The van der Waals surface area contributed by atoms with E-state index < -0.39 is 41.5 Å². The van der Waals surface area contributed by atoms with E-state index in [0.29, 0.717) is 28.3 Å². The van der Waals surface area contributed by atoms with Gasteiger partial charge >= 0.3 is 6.09 Å². The number of fused-ring (bicyclic) bond motifs is 2. The Labute approximate surface area is 285 Å². The quantitative estimate of drug-likeness (QED) is 0.233. The standard InChI is InChI=1S/C38H40N4O7/c1-23(39-37(47)49-38(3,4)5)34(44)40-30-22-42(35(45)27-17-15-25(16-18-27)24(2)43)32-14-10-9-13-31(32)41(36(30)46)21-29-28-12-8-7-11-26(28)19-20-33(29)48-6/h7-20,23,30H,21-22H2,1-6H3,(H,39,47)(H,40,44)/t23-,30-/m0/s1. The Bertz CT molecular complexity index is 1920. The fraction of sp³-hybridized carbons (Fsp3) is 0.289. The lowest BCUT2D eigenvalue weighted by Crippen LogP contribution is -2.56. The first-order valence-electron chi connectivity index (χ1n) is 15.9. The van der Waals surface area contributed by atoms with E-state index in [2.05, 4.69) is 10.6 Å². The van der Waals surface area contributed by atoms with Crippen molar-refractivity contribution in [3.05, 3.63) is 102 Å². The molecule has 4 aromatic carbocycles. The molecule has 0 saturated carbocycles. The van der Waals surface area contributed by atoms with Gasteiger partial charge in [0.25, 0.3) is 11.8 Å². The van der Waals surface area contributed by atoms with Crippen molar-refractivity contribution in [2.45, 2.75) is 58.8 Å². The zero-order valence-electron chi connectivity index (χ0n) is 28.4. The smallest absolute Gasteiger partial charge is 0.408 e. The minimum absolute atomic E-state index is 0.0633. The molecule has 11 heteroatoms. The van der Waals surface area contributed by atoms with Crippen LogP contribution in [0, 0.1) is 0 Å². The van der Waals surface area contributed by atoms with E-state index in [4.69, 9.17) is 9.47 Å². The lowest BCUT2D eigenvalue weighted by molar-refractivity contribution is -0.128. The molecular weight excluding hydrogens is 624 g/mol. The third-order valence-electron chi connectivity index (χ3n) is 8.15. The molecule has 0 saturated heterocycles. The number of carbonyl (C=O) groups excluding carboxylic acids is 5. The van der Waals surface area contributed by atoms with Gasteiger partial charge in [0.05, 0.1) is 31.6 Å². The molecule has 11 nitrogen and oxygen atoms in total. The number of alkyl carbamates (subject to hydrolysis) is 1. The molecule has 1 heterocycles. The molecule has 2 atom stereocenters. The minimum atomic E-state index is -1.22. The van der Waals surface area contributed by atoms with Crippen molar-refractivity contribution in [1.29, 1.82) is 0 Å². The van der Waals surface area contributed by atoms with E-state index >= 15 is 0 Å². The Hall–Kier alpha value is -5.71. The highest BCUT2D eigenvalue weighted by Crippen LogP contribution is 2.37. The summed E-state index contributed by atoms with van der Waals surface area (Å²) in [7, 11) is 1.56. The Morgan fingerprint density at radius 2 is 1.51 bits per heavy atom. The fourth-order valence-corrected chi connectivity index (χ4v) is 5.73. The van der Waals surface area contributed by atoms with Crippen molar-refractivity contribution in [2.75, 3.05) is 23.5 Å². The molecular formula is C38H40N4O7. The normalized spacial score (nSPS) is 15.1. The second kappa shape index (κ2) is 14.2. The van der Waals surface area contributed by atoms with Crippen molar-refractivity contribution in [1.82, 2.24) is 10.6 Å². The number of nitrogens with one attached hydrogen (secondary N) is 2. The number of rotatable bonds is 8. The van der Waals surface area contributed by atoms with Crippen LogP contribution in [0.3, 0.4) is 0 Å². The topological polar surface area (TPSA) is 134 Å². The molecule has 4 amide bonds. The number of methoxy groups -OCH3 is 1. The van der Waals surface area contributed by atoms with Crippen LogP contribution < -0.4 is 25.2 Å². The van der Waals surface area contributed by atoms with Crippen LogP contribution in [0.25, 0.3) is 10.8 Å². The first-order valence-corrected chi connectivity index (χ1v) is 15.9.